The molecule has 7 nitrogen and oxygen atoms in total. The molecule has 4 N–H and O–H groups in total. The Labute approximate surface area is 118 Å². The van der Waals surface area contributed by atoms with Crippen LogP contribution in [0, 0.1) is 5.92 Å². The summed E-state index contributed by atoms with van der Waals surface area (Å²) in [5.41, 5.74) is 5.25. The summed E-state index contributed by atoms with van der Waals surface area (Å²) in [5, 5.41) is 9.13. The van der Waals surface area contributed by atoms with Gasteiger partial charge in [0.15, 0.2) is 0 Å². The Morgan fingerprint density at radius 1 is 1.30 bits per heavy atom. The average molecular weight is 284 g/mol. The van der Waals surface area contributed by atoms with E-state index >= 15 is 0 Å². The van der Waals surface area contributed by atoms with E-state index in [4.69, 9.17) is 10.8 Å². The summed E-state index contributed by atoms with van der Waals surface area (Å²) < 4.78 is 1.37. The molecule has 1 aromatic heterocycles. The highest BCUT2D eigenvalue weighted by atomic mass is 16.3. The Bertz CT molecular complexity index is 560. The summed E-state index contributed by atoms with van der Waals surface area (Å²) in [7, 11) is 0. The largest absolute Gasteiger partial charge is 0.395 e. The van der Waals surface area contributed by atoms with Crippen LogP contribution in [0.15, 0.2) is 9.59 Å². The van der Waals surface area contributed by atoms with Crippen molar-refractivity contribution in [2.75, 3.05) is 23.8 Å². The van der Waals surface area contributed by atoms with E-state index in [9.17, 15) is 9.59 Å². The average Bonchev–Trinajstić information content (AvgIpc) is 2.32. The van der Waals surface area contributed by atoms with Gasteiger partial charge in [-0.05, 0) is 19.8 Å². The number of rotatable bonds is 6. The normalized spacial score (nSPS) is 11.3. The van der Waals surface area contributed by atoms with Crippen molar-refractivity contribution in [3.05, 3.63) is 20.8 Å². The first-order chi connectivity index (χ1) is 9.29. The summed E-state index contributed by atoms with van der Waals surface area (Å²) in [4.78, 5) is 27.9. The molecule has 0 fully saturated rings. The van der Waals surface area contributed by atoms with Crippen LogP contribution in [0.4, 0.5) is 11.5 Å². The molecular formula is C13H24N4O3. The van der Waals surface area contributed by atoms with Gasteiger partial charge in [0.05, 0.1) is 6.61 Å². The van der Waals surface area contributed by atoms with Gasteiger partial charge in [-0.25, -0.2) is 4.79 Å². The number of nitrogens with two attached hydrogens (primary N) is 1. The lowest BCUT2D eigenvalue weighted by Gasteiger charge is -2.29. The van der Waals surface area contributed by atoms with Crippen LogP contribution in [0.5, 0.6) is 0 Å². The molecule has 0 radical (unpaired) electrons. The Balaban J connectivity index is 3.46. The third kappa shape index (κ3) is 3.41. The number of aliphatic hydroxyl groups excluding tert-OH is 1. The maximum atomic E-state index is 12.0. The molecule has 0 saturated carbocycles. The smallest absolute Gasteiger partial charge is 0.330 e. The van der Waals surface area contributed by atoms with E-state index in [2.05, 4.69) is 4.98 Å². The van der Waals surface area contributed by atoms with E-state index in [1.54, 1.807) is 4.90 Å². The molecule has 20 heavy (non-hydrogen) atoms. The summed E-state index contributed by atoms with van der Waals surface area (Å²) in [6.07, 6.45) is 0. The zero-order chi connectivity index (χ0) is 15.4. The van der Waals surface area contributed by atoms with Gasteiger partial charge in [0.2, 0.25) is 0 Å². The number of nitrogens with one attached hydrogen (secondary N) is 1. The van der Waals surface area contributed by atoms with Gasteiger partial charge in [-0.2, -0.15) is 0 Å². The molecule has 0 aliphatic heterocycles. The van der Waals surface area contributed by atoms with E-state index in [0.717, 1.165) is 0 Å². The number of nitrogens with zero attached hydrogens (tertiary/aromatic N) is 2. The van der Waals surface area contributed by atoms with Crippen LogP contribution in [-0.4, -0.2) is 33.9 Å². The Morgan fingerprint density at radius 2 is 1.90 bits per heavy atom. The van der Waals surface area contributed by atoms with Crippen molar-refractivity contribution in [3.8, 4) is 0 Å². The fraction of sp³-hybridized carbons (Fsp3) is 0.692. The number of nitrogen functional groups attached to an aromatic ring is 1. The second-order valence-electron chi connectivity index (χ2n) is 5.51. The van der Waals surface area contributed by atoms with Gasteiger partial charge in [-0.15, -0.1) is 0 Å². The summed E-state index contributed by atoms with van der Waals surface area (Å²) in [5.74, 6) is 0.369. The predicted molar refractivity (Wildman–Crippen MR) is 80.1 cm³/mol. The first kappa shape index (κ1) is 16.3. The van der Waals surface area contributed by atoms with Gasteiger partial charge in [-0.3, -0.25) is 14.3 Å². The maximum Gasteiger partial charge on any atom is 0.330 e. The number of hydrogen-bond donors (Lipinski definition) is 3. The molecule has 1 heterocycles. The van der Waals surface area contributed by atoms with Crippen molar-refractivity contribution in [1.29, 1.82) is 0 Å². The molecule has 0 amide bonds. The highest BCUT2D eigenvalue weighted by Gasteiger charge is 2.20. The molecule has 0 aromatic carbocycles. The Morgan fingerprint density at radius 3 is 2.35 bits per heavy atom. The van der Waals surface area contributed by atoms with Gasteiger partial charge >= 0.3 is 5.69 Å². The lowest BCUT2D eigenvalue weighted by Crippen LogP contribution is -2.42. The molecular weight excluding hydrogens is 260 g/mol. The highest BCUT2D eigenvalue weighted by molar-refractivity contribution is 5.62. The van der Waals surface area contributed by atoms with Gasteiger partial charge < -0.3 is 15.7 Å². The van der Waals surface area contributed by atoms with Gasteiger partial charge in [-0.1, -0.05) is 13.8 Å². The van der Waals surface area contributed by atoms with Gasteiger partial charge in [0, 0.05) is 19.1 Å². The van der Waals surface area contributed by atoms with Crippen LogP contribution in [-0.2, 0) is 6.54 Å². The van der Waals surface area contributed by atoms with Crippen molar-refractivity contribution in [2.24, 2.45) is 5.92 Å². The van der Waals surface area contributed by atoms with Crippen molar-refractivity contribution in [1.82, 2.24) is 9.55 Å². The van der Waals surface area contributed by atoms with Crippen LogP contribution in [0.1, 0.15) is 27.7 Å². The molecule has 1 aromatic rings. The molecule has 0 spiro atoms. The minimum Gasteiger partial charge on any atom is -0.395 e. The monoisotopic (exact) mass is 284 g/mol. The first-order valence-electron chi connectivity index (χ1n) is 6.79. The standard InChI is InChI=1S/C13H24N4O3/c1-8(2)7-17-11(14)10(12(19)15-13(17)20)16(5-6-18)9(3)4/h8-9,18H,5-7,14H2,1-4H3,(H,15,19,20). The number of hydrogen-bond acceptors (Lipinski definition) is 5. The first-order valence-corrected chi connectivity index (χ1v) is 6.79. The zero-order valence-corrected chi connectivity index (χ0v) is 12.5. The minimum absolute atomic E-state index is 0.0180. The number of aliphatic hydroxyl groups is 1. The number of anilines is 2. The molecule has 0 aliphatic carbocycles. The summed E-state index contributed by atoms with van der Waals surface area (Å²) in [6, 6.07) is -0.0180. The lowest BCUT2D eigenvalue weighted by atomic mass is 10.2. The van der Waals surface area contributed by atoms with Gasteiger partial charge in [0.1, 0.15) is 11.5 Å². The van der Waals surface area contributed by atoms with Crippen molar-refractivity contribution >= 4 is 11.5 Å². The molecule has 1 rings (SSSR count). The van der Waals surface area contributed by atoms with E-state index in [1.165, 1.54) is 4.57 Å². The SMILES string of the molecule is CC(C)Cn1c(N)c(N(CCO)C(C)C)c(=O)[nH]c1=O. The summed E-state index contributed by atoms with van der Waals surface area (Å²) in [6.45, 7) is 8.33. The molecule has 0 unspecified atom stereocenters. The number of H-pyrrole nitrogens is 1. The molecule has 0 bridgehead atoms. The third-order valence-corrected chi connectivity index (χ3v) is 3.01. The Hall–Kier alpha value is -1.76. The van der Waals surface area contributed by atoms with E-state index in [0.29, 0.717) is 6.54 Å². The van der Waals surface area contributed by atoms with Crippen LogP contribution in [0.25, 0.3) is 0 Å². The van der Waals surface area contributed by atoms with E-state index < -0.39 is 11.2 Å². The summed E-state index contributed by atoms with van der Waals surface area (Å²) >= 11 is 0. The molecule has 7 heteroatoms. The lowest BCUT2D eigenvalue weighted by molar-refractivity contribution is 0.299. The molecule has 114 valence electrons. The number of aromatic nitrogens is 2. The van der Waals surface area contributed by atoms with Crippen LogP contribution < -0.4 is 21.9 Å². The van der Waals surface area contributed by atoms with E-state index in [-0.39, 0.29) is 36.6 Å². The maximum absolute atomic E-state index is 12.0. The second kappa shape index (κ2) is 6.60. The Kier molecular flexibility index (Phi) is 5.38. The highest BCUT2D eigenvalue weighted by Crippen LogP contribution is 2.19. The fourth-order valence-electron chi connectivity index (χ4n) is 2.14. The second-order valence-corrected chi connectivity index (χ2v) is 5.51. The van der Waals surface area contributed by atoms with Crippen molar-refractivity contribution in [3.63, 3.8) is 0 Å². The fourth-order valence-corrected chi connectivity index (χ4v) is 2.14. The van der Waals surface area contributed by atoms with Gasteiger partial charge in [0.25, 0.3) is 5.56 Å². The molecule has 0 saturated heterocycles. The minimum atomic E-state index is -0.519. The number of aromatic amines is 1. The topological polar surface area (TPSA) is 104 Å². The van der Waals surface area contributed by atoms with Crippen LogP contribution >= 0.6 is 0 Å². The van der Waals surface area contributed by atoms with Crippen LogP contribution in [0.3, 0.4) is 0 Å². The third-order valence-electron chi connectivity index (χ3n) is 3.01. The predicted octanol–water partition coefficient (Wildman–Crippen LogP) is -0.0181. The molecule has 0 aliphatic rings. The van der Waals surface area contributed by atoms with Crippen LogP contribution in [0.2, 0.25) is 0 Å². The van der Waals surface area contributed by atoms with E-state index in [1.807, 2.05) is 27.7 Å². The molecule has 0 atom stereocenters. The zero-order valence-electron chi connectivity index (χ0n) is 12.5. The quantitative estimate of drug-likeness (QED) is 0.681. The van der Waals surface area contributed by atoms with Crippen molar-refractivity contribution < 1.29 is 5.11 Å². The van der Waals surface area contributed by atoms with Crippen molar-refractivity contribution in [2.45, 2.75) is 40.3 Å².